The van der Waals surface area contributed by atoms with Gasteiger partial charge in [0.1, 0.15) is 5.52 Å². The third-order valence-electron chi connectivity index (χ3n) is 2.39. The molecule has 0 saturated carbocycles. The quantitative estimate of drug-likeness (QED) is 0.793. The average Bonchev–Trinajstić information content (AvgIpc) is 2.58. The van der Waals surface area contributed by atoms with Crippen LogP contribution in [-0.4, -0.2) is 10.9 Å². The van der Waals surface area contributed by atoms with Crippen LogP contribution in [-0.2, 0) is 4.79 Å². The number of para-hydroxylation sites is 1. The molecular formula is C12H14N2O3. The standard InChI is InChI=1S/C12H14N2O3/c1-12(2,3)10(15)13-7-5-4-6-8-9(7)14-11(16)17-8/h4-6H,1-3H3,(H,13,15)(H,14,16). The number of rotatable bonds is 1. The lowest BCUT2D eigenvalue weighted by Gasteiger charge is -2.17. The van der Waals surface area contributed by atoms with E-state index >= 15 is 0 Å². The molecule has 2 rings (SSSR count). The molecule has 0 radical (unpaired) electrons. The first-order valence-corrected chi connectivity index (χ1v) is 5.31. The summed E-state index contributed by atoms with van der Waals surface area (Å²) >= 11 is 0. The summed E-state index contributed by atoms with van der Waals surface area (Å²) in [4.78, 5) is 25.5. The van der Waals surface area contributed by atoms with Crippen LogP contribution in [0.5, 0.6) is 0 Å². The summed E-state index contributed by atoms with van der Waals surface area (Å²) in [6.45, 7) is 5.46. The van der Waals surface area contributed by atoms with Crippen molar-refractivity contribution in [1.29, 1.82) is 0 Å². The van der Waals surface area contributed by atoms with Gasteiger partial charge in [-0.25, -0.2) is 4.79 Å². The van der Waals surface area contributed by atoms with E-state index < -0.39 is 11.2 Å². The van der Waals surface area contributed by atoms with Crippen molar-refractivity contribution in [2.45, 2.75) is 20.8 Å². The van der Waals surface area contributed by atoms with Crippen molar-refractivity contribution in [2.75, 3.05) is 5.32 Å². The second-order valence-corrected chi connectivity index (χ2v) is 4.90. The molecule has 0 saturated heterocycles. The molecule has 1 amide bonds. The minimum Gasteiger partial charge on any atom is -0.408 e. The van der Waals surface area contributed by atoms with Crippen LogP contribution >= 0.6 is 0 Å². The van der Waals surface area contributed by atoms with Crippen LogP contribution in [0.15, 0.2) is 27.4 Å². The zero-order valence-electron chi connectivity index (χ0n) is 9.96. The van der Waals surface area contributed by atoms with Crippen molar-refractivity contribution >= 4 is 22.7 Å². The van der Waals surface area contributed by atoms with Gasteiger partial charge in [0.2, 0.25) is 5.91 Å². The molecule has 5 heteroatoms. The van der Waals surface area contributed by atoms with Gasteiger partial charge in [-0.3, -0.25) is 9.78 Å². The predicted molar refractivity (Wildman–Crippen MR) is 64.9 cm³/mol. The van der Waals surface area contributed by atoms with E-state index in [1.54, 1.807) is 18.2 Å². The molecular weight excluding hydrogens is 220 g/mol. The second kappa shape index (κ2) is 3.76. The highest BCUT2D eigenvalue weighted by molar-refractivity contribution is 6.00. The normalized spacial score (nSPS) is 11.7. The second-order valence-electron chi connectivity index (χ2n) is 4.90. The number of benzene rings is 1. The number of hydrogen-bond acceptors (Lipinski definition) is 3. The fraction of sp³-hybridized carbons (Fsp3) is 0.333. The number of anilines is 1. The highest BCUT2D eigenvalue weighted by Crippen LogP contribution is 2.23. The van der Waals surface area contributed by atoms with E-state index in [4.69, 9.17) is 4.42 Å². The monoisotopic (exact) mass is 234 g/mol. The Morgan fingerprint density at radius 2 is 2.06 bits per heavy atom. The Hall–Kier alpha value is -2.04. The predicted octanol–water partition coefficient (Wildman–Crippen LogP) is 2.11. The summed E-state index contributed by atoms with van der Waals surface area (Å²) in [5.74, 6) is -0.649. The van der Waals surface area contributed by atoms with Crippen molar-refractivity contribution < 1.29 is 9.21 Å². The van der Waals surface area contributed by atoms with Crippen LogP contribution in [0.4, 0.5) is 5.69 Å². The van der Waals surface area contributed by atoms with Crippen LogP contribution < -0.4 is 11.1 Å². The minimum absolute atomic E-state index is 0.118. The Morgan fingerprint density at radius 1 is 1.35 bits per heavy atom. The molecule has 0 aliphatic rings. The van der Waals surface area contributed by atoms with E-state index in [0.717, 1.165) is 0 Å². The van der Waals surface area contributed by atoms with Crippen LogP contribution in [0, 0.1) is 5.41 Å². The first-order chi connectivity index (χ1) is 7.88. The Morgan fingerprint density at radius 3 is 2.71 bits per heavy atom. The largest absolute Gasteiger partial charge is 0.417 e. The van der Waals surface area contributed by atoms with E-state index in [9.17, 15) is 9.59 Å². The molecule has 5 nitrogen and oxygen atoms in total. The molecule has 1 aromatic carbocycles. The number of carbonyl (C=O) groups excluding carboxylic acids is 1. The topological polar surface area (TPSA) is 75.1 Å². The number of aromatic nitrogens is 1. The molecule has 0 spiro atoms. The molecule has 1 aromatic heterocycles. The van der Waals surface area contributed by atoms with E-state index in [0.29, 0.717) is 16.8 Å². The van der Waals surface area contributed by atoms with Gasteiger partial charge in [-0.1, -0.05) is 26.8 Å². The van der Waals surface area contributed by atoms with Crippen LogP contribution in [0.3, 0.4) is 0 Å². The Labute approximate surface area is 97.8 Å². The van der Waals surface area contributed by atoms with Gasteiger partial charge in [0.05, 0.1) is 5.69 Å². The van der Waals surface area contributed by atoms with E-state index in [1.165, 1.54) is 0 Å². The number of H-pyrrole nitrogens is 1. The van der Waals surface area contributed by atoms with Crippen LogP contribution in [0.1, 0.15) is 20.8 Å². The molecule has 0 fully saturated rings. The number of hydrogen-bond donors (Lipinski definition) is 2. The first-order valence-electron chi connectivity index (χ1n) is 5.31. The summed E-state index contributed by atoms with van der Waals surface area (Å²) in [6, 6.07) is 5.11. The van der Waals surface area contributed by atoms with Gasteiger partial charge >= 0.3 is 5.76 Å². The lowest BCUT2D eigenvalue weighted by molar-refractivity contribution is -0.123. The molecule has 0 aliphatic carbocycles. The summed E-state index contributed by atoms with van der Waals surface area (Å²) in [5.41, 5.74) is 0.997. The van der Waals surface area contributed by atoms with Crippen molar-refractivity contribution in [3.63, 3.8) is 0 Å². The van der Waals surface area contributed by atoms with E-state index in [-0.39, 0.29) is 5.91 Å². The number of carbonyl (C=O) groups is 1. The molecule has 17 heavy (non-hydrogen) atoms. The van der Waals surface area contributed by atoms with Crippen molar-refractivity contribution in [3.05, 3.63) is 28.7 Å². The lowest BCUT2D eigenvalue weighted by atomic mass is 9.95. The molecule has 0 unspecified atom stereocenters. The van der Waals surface area contributed by atoms with Gasteiger partial charge in [0, 0.05) is 5.41 Å². The highest BCUT2D eigenvalue weighted by Gasteiger charge is 2.22. The van der Waals surface area contributed by atoms with Gasteiger partial charge in [0.15, 0.2) is 5.58 Å². The minimum atomic E-state index is -0.530. The zero-order valence-corrected chi connectivity index (χ0v) is 9.96. The number of oxazole rings is 1. The van der Waals surface area contributed by atoms with Gasteiger partial charge in [-0.15, -0.1) is 0 Å². The number of aromatic amines is 1. The number of amides is 1. The Kier molecular flexibility index (Phi) is 2.53. The van der Waals surface area contributed by atoms with Crippen molar-refractivity contribution in [1.82, 2.24) is 4.98 Å². The summed E-state index contributed by atoms with van der Waals surface area (Å²) in [7, 11) is 0. The fourth-order valence-corrected chi connectivity index (χ4v) is 1.39. The SMILES string of the molecule is CC(C)(C)C(=O)Nc1cccc2oc(=O)[nH]c12. The van der Waals surface area contributed by atoms with Gasteiger partial charge in [-0.05, 0) is 12.1 Å². The number of fused-ring (bicyclic) bond motifs is 1. The van der Waals surface area contributed by atoms with Gasteiger partial charge in [0.25, 0.3) is 0 Å². The summed E-state index contributed by atoms with van der Waals surface area (Å²) in [5, 5.41) is 2.77. The maximum Gasteiger partial charge on any atom is 0.417 e. The maximum atomic E-state index is 11.9. The van der Waals surface area contributed by atoms with E-state index in [2.05, 4.69) is 10.3 Å². The van der Waals surface area contributed by atoms with Gasteiger partial charge in [-0.2, -0.15) is 0 Å². The third-order valence-corrected chi connectivity index (χ3v) is 2.39. The Bertz CT molecular complexity index is 616. The molecule has 0 bridgehead atoms. The zero-order chi connectivity index (χ0) is 12.6. The number of nitrogens with one attached hydrogen (secondary N) is 2. The molecule has 90 valence electrons. The first kappa shape index (κ1) is 11.4. The van der Waals surface area contributed by atoms with Crippen LogP contribution in [0.25, 0.3) is 11.1 Å². The smallest absolute Gasteiger partial charge is 0.408 e. The summed E-state index contributed by atoms with van der Waals surface area (Å²) < 4.78 is 4.91. The third kappa shape index (κ3) is 2.22. The fourth-order valence-electron chi connectivity index (χ4n) is 1.39. The molecule has 1 heterocycles. The van der Waals surface area contributed by atoms with Gasteiger partial charge < -0.3 is 9.73 Å². The molecule has 2 N–H and O–H groups in total. The average molecular weight is 234 g/mol. The summed E-state index contributed by atoms with van der Waals surface area (Å²) in [6.07, 6.45) is 0. The van der Waals surface area contributed by atoms with Crippen LogP contribution in [0.2, 0.25) is 0 Å². The highest BCUT2D eigenvalue weighted by atomic mass is 16.4. The Balaban J connectivity index is 2.43. The van der Waals surface area contributed by atoms with Crippen molar-refractivity contribution in [2.24, 2.45) is 5.41 Å². The molecule has 2 aromatic rings. The van der Waals surface area contributed by atoms with Crippen molar-refractivity contribution in [3.8, 4) is 0 Å². The lowest BCUT2D eigenvalue weighted by Crippen LogP contribution is -2.27. The maximum absolute atomic E-state index is 11.9. The molecule has 0 aliphatic heterocycles. The molecule has 0 atom stereocenters. The van der Waals surface area contributed by atoms with E-state index in [1.807, 2.05) is 20.8 Å².